The van der Waals surface area contributed by atoms with Crippen LogP contribution in [-0.4, -0.2) is 30.5 Å². The molecule has 0 aliphatic heterocycles. The van der Waals surface area contributed by atoms with Gasteiger partial charge >= 0.3 is 5.97 Å². The number of primary amides is 1. The van der Waals surface area contributed by atoms with Gasteiger partial charge in [-0.1, -0.05) is 11.6 Å². The molecule has 142 valence electrons. The van der Waals surface area contributed by atoms with E-state index in [1.807, 2.05) is 0 Å². The second-order valence-corrected chi connectivity index (χ2v) is 6.20. The Balaban J connectivity index is 1.84. The van der Waals surface area contributed by atoms with Crippen LogP contribution in [0.3, 0.4) is 0 Å². The van der Waals surface area contributed by atoms with Crippen molar-refractivity contribution in [1.29, 1.82) is 0 Å². The highest BCUT2D eigenvalue weighted by molar-refractivity contribution is 6.30. The molecule has 27 heavy (non-hydrogen) atoms. The van der Waals surface area contributed by atoms with Crippen molar-refractivity contribution in [3.05, 3.63) is 58.6 Å². The molecule has 2 amide bonds. The van der Waals surface area contributed by atoms with Crippen molar-refractivity contribution in [2.24, 2.45) is 5.73 Å². The highest BCUT2D eigenvalue weighted by Crippen LogP contribution is 2.21. The van der Waals surface area contributed by atoms with Gasteiger partial charge in [0.1, 0.15) is 5.75 Å². The van der Waals surface area contributed by atoms with E-state index in [2.05, 4.69) is 5.32 Å². The molecule has 0 saturated heterocycles. The van der Waals surface area contributed by atoms with E-state index < -0.39 is 23.9 Å². The largest absolute Gasteiger partial charge is 0.482 e. The lowest BCUT2D eigenvalue weighted by Gasteiger charge is -2.14. The number of carbonyl (C=O) groups excluding carboxylic acids is 3. The molecule has 7 nitrogen and oxygen atoms in total. The average molecular weight is 391 g/mol. The third-order valence-corrected chi connectivity index (χ3v) is 3.83. The highest BCUT2D eigenvalue weighted by Gasteiger charge is 2.18. The van der Waals surface area contributed by atoms with Gasteiger partial charge in [-0.25, -0.2) is 4.79 Å². The lowest BCUT2D eigenvalue weighted by atomic mass is 10.2. The number of hydrogen-bond acceptors (Lipinski definition) is 5. The molecular weight excluding hydrogens is 372 g/mol. The molecule has 2 aromatic carbocycles. The van der Waals surface area contributed by atoms with Gasteiger partial charge in [0.05, 0.1) is 0 Å². The Morgan fingerprint density at radius 3 is 2.41 bits per heavy atom. The fraction of sp³-hybridized carbons (Fsp3) is 0.211. The van der Waals surface area contributed by atoms with E-state index in [-0.39, 0.29) is 6.61 Å². The number of nitrogens with one attached hydrogen (secondary N) is 1. The summed E-state index contributed by atoms with van der Waals surface area (Å²) in [5, 5.41) is 3.14. The van der Waals surface area contributed by atoms with Gasteiger partial charge < -0.3 is 20.5 Å². The van der Waals surface area contributed by atoms with Crippen LogP contribution in [0.4, 0.5) is 5.69 Å². The highest BCUT2D eigenvalue weighted by atomic mass is 35.5. The first-order valence-corrected chi connectivity index (χ1v) is 8.43. The normalized spacial score (nSPS) is 11.4. The number of hydrogen-bond donors (Lipinski definition) is 2. The van der Waals surface area contributed by atoms with Crippen molar-refractivity contribution >= 4 is 35.1 Å². The van der Waals surface area contributed by atoms with Crippen LogP contribution in [0.1, 0.15) is 22.8 Å². The maximum Gasteiger partial charge on any atom is 0.344 e. The topological polar surface area (TPSA) is 108 Å². The molecule has 0 saturated carbocycles. The van der Waals surface area contributed by atoms with Gasteiger partial charge in [0.15, 0.2) is 12.7 Å². The van der Waals surface area contributed by atoms with E-state index in [9.17, 15) is 14.4 Å². The number of rotatable bonds is 7. The standard InChI is InChI=1S/C19H19ClN2O5/c1-11-9-14(20)5-8-16(11)26-10-17(23)27-12(2)19(25)22-15-6-3-13(4-7-15)18(21)24/h3-9,12H,10H2,1-2H3,(H2,21,24)(H,22,25)/t12-/m0/s1. The fourth-order valence-electron chi connectivity index (χ4n) is 2.16. The number of aryl methyl sites for hydroxylation is 1. The number of benzene rings is 2. The van der Waals surface area contributed by atoms with Crippen LogP contribution >= 0.6 is 11.6 Å². The van der Waals surface area contributed by atoms with Gasteiger partial charge in [-0.3, -0.25) is 9.59 Å². The minimum absolute atomic E-state index is 0.321. The zero-order valence-corrected chi connectivity index (χ0v) is 15.6. The Morgan fingerprint density at radius 2 is 1.81 bits per heavy atom. The van der Waals surface area contributed by atoms with Crippen LogP contribution in [0.25, 0.3) is 0 Å². The third-order valence-electron chi connectivity index (χ3n) is 3.60. The predicted octanol–water partition coefficient (Wildman–Crippen LogP) is 2.70. The van der Waals surface area contributed by atoms with E-state index in [4.69, 9.17) is 26.8 Å². The molecular formula is C19H19ClN2O5. The lowest BCUT2D eigenvalue weighted by molar-refractivity contribution is -0.155. The van der Waals surface area contributed by atoms with Crippen LogP contribution in [0.5, 0.6) is 5.75 Å². The first-order chi connectivity index (χ1) is 12.8. The Morgan fingerprint density at radius 1 is 1.15 bits per heavy atom. The van der Waals surface area contributed by atoms with E-state index in [0.29, 0.717) is 22.0 Å². The number of anilines is 1. The van der Waals surface area contributed by atoms with Crippen molar-refractivity contribution in [2.75, 3.05) is 11.9 Å². The molecule has 2 rings (SSSR count). The summed E-state index contributed by atoms with van der Waals surface area (Å²) >= 11 is 5.86. The zero-order valence-electron chi connectivity index (χ0n) is 14.8. The predicted molar refractivity (Wildman–Crippen MR) is 101 cm³/mol. The summed E-state index contributed by atoms with van der Waals surface area (Å²) < 4.78 is 10.4. The number of esters is 1. The molecule has 0 aliphatic carbocycles. The second-order valence-electron chi connectivity index (χ2n) is 5.76. The summed E-state index contributed by atoms with van der Waals surface area (Å²) in [5.74, 6) is -1.26. The Labute approximate surface area is 161 Å². The maximum absolute atomic E-state index is 12.1. The molecule has 0 aliphatic rings. The van der Waals surface area contributed by atoms with Crippen LogP contribution < -0.4 is 15.8 Å². The summed E-state index contributed by atoms with van der Waals surface area (Å²) in [5.41, 5.74) is 6.70. The first-order valence-electron chi connectivity index (χ1n) is 8.05. The summed E-state index contributed by atoms with van der Waals surface area (Å²) in [7, 11) is 0. The van der Waals surface area contributed by atoms with Gasteiger partial charge in [-0.15, -0.1) is 0 Å². The molecule has 0 fully saturated rings. The number of halogens is 1. The SMILES string of the molecule is Cc1cc(Cl)ccc1OCC(=O)O[C@@H](C)C(=O)Nc1ccc(C(N)=O)cc1. The van der Waals surface area contributed by atoms with Crippen molar-refractivity contribution < 1.29 is 23.9 Å². The molecule has 0 radical (unpaired) electrons. The maximum atomic E-state index is 12.1. The lowest BCUT2D eigenvalue weighted by Crippen LogP contribution is -2.31. The molecule has 8 heteroatoms. The Hall–Kier alpha value is -3.06. The van der Waals surface area contributed by atoms with Gasteiger partial charge in [-0.05, 0) is 61.9 Å². The van der Waals surface area contributed by atoms with Gasteiger partial charge in [-0.2, -0.15) is 0 Å². The van der Waals surface area contributed by atoms with Gasteiger partial charge in [0.25, 0.3) is 5.91 Å². The van der Waals surface area contributed by atoms with Crippen molar-refractivity contribution in [3.63, 3.8) is 0 Å². The number of amides is 2. The van der Waals surface area contributed by atoms with Crippen LogP contribution in [0, 0.1) is 6.92 Å². The minimum atomic E-state index is -1.02. The van der Waals surface area contributed by atoms with E-state index >= 15 is 0 Å². The Bertz CT molecular complexity index is 852. The minimum Gasteiger partial charge on any atom is -0.482 e. The zero-order chi connectivity index (χ0) is 20.0. The molecule has 2 aromatic rings. The number of carbonyl (C=O) groups is 3. The molecule has 0 unspecified atom stereocenters. The summed E-state index contributed by atoms with van der Waals surface area (Å²) in [6.07, 6.45) is -1.02. The first kappa shape index (κ1) is 20.3. The smallest absolute Gasteiger partial charge is 0.344 e. The van der Waals surface area contributed by atoms with Crippen molar-refractivity contribution in [1.82, 2.24) is 0 Å². The monoisotopic (exact) mass is 390 g/mol. The van der Waals surface area contributed by atoms with E-state index in [1.165, 1.54) is 31.2 Å². The molecule has 0 heterocycles. The average Bonchev–Trinajstić information content (AvgIpc) is 2.61. The van der Waals surface area contributed by atoms with Crippen LogP contribution in [0.15, 0.2) is 42.5 Å². The van der Waals surface area contributed by atoms with Gasteiger partial charge in [0.2, 0.25) is 5.91 Å². The number of nitrogens with two attached hydrogens (primary N) is 1. The summed E-state index contributed by atoms with van der Waals surface area (Å²) in [4.78, 5) is 35.0. The number of ether oxygens (including phenoxy) is 2. The molecule has 3 N–H and O–H groups in total. The molecule has 0 bridgehead atoms. The second kappa shape index (κ2) is 9.05. The quantitative estimate of drug-likeness (QED) is 0.706. The van der Waals surface area contributed by atoms with E-state index in [0.717, 1.165) is 5.56 Å². The van der Waals surface area contributed by atoms with Crippen LogP contribution in [-0.2, 0) is 14.3 Å². The van der Waals surface area contributed by atoms with Crippen molar-refractivity contribution in [3.8, 4) is 5.75 Å². The van der Waals surface area contributed by atoms with Crippen LogP contribution in [0.2, 0.25) is 5.02 Å². The van der Waals surface area contributed by atoms with E-state index in [1.54, 1.807) is 25.1 Å². The Kier molecular flexibility index (Phi) is 6.79. The van der Waals surface area contributed by atoms with Gasteiger partial charge in [0, 0.05) is 16.3 Å². The summed E-state index contributed by atoms with van der Waals surface area (Å²) in [6, 6.07) is 11.0. The molecule has 1 atom stereocenters. The molecule has 0 spiro atoms. The fourth-order valence-corrected chi connectivity index (χ4v) is 2.38. The summed E-state index contributed by atoms with van der Waals surface area (Å²) in [6.45, 7) is 2.90. The van der Waals surface area contributed by atoms with Crippen molar-refractivity contribution in [2.45, 2.75) is 20.0 Å². The molecule has 0 aromatic heterocycles. The third kappa shape index (κ3) is 6.00.